The Morgan fingerprint density at radius 2 is 1.81 bits per heavy atom. The van der Waals surface area contributed by atoms with Crippen molar-refractivity contribution in [2.75, 3.05) is 0 Å². The summed E-state index contributed by atoms with van der Waals surface area (Å²) in [6, 6.07) is 8.53. The maximum Gasteiger partial charge on any atom is 0.573 e. The molecule has 7 heteroatoms. The topological polar surface area (TPSA) is 33.0 Å². The lowest BCUT2D eigenvalue weighted by molar-refractivity contribution is -0.274. The summed E-state index contributed by atoms with van der Waals surface area (Å²) in [6.07, 6.45) is -4.93. The molecule has 0 amide bonds. The van der Waals surface area contributed by atoms with Crippen LogP contribution in [0.3, 0.4) is 0 Å². The average Bonchev–Trinajstić information content (AvgIpc) is 2.35. The number of benzene rings is 2. The maximum atomic E-state index is 13.3. The molecular formula is C14H6ClF4NO. The number of ether oxygens (including phenoxy) is 1. The summed E-state index contributed by atoms with van der Waals surface area (Å²) in [7, 11) is 0. The van der Waals surface area contributed by atoms with E-state index in [0.717, 1.165) is 18.2 Å². The smallest absolute Gasteiger partial charge is 0.405 e. The van der Waals surface area contributed by atoms with Crippen LogP contribution in [0.2, 0.25) is 5.02 Å². The molecule has 108 valence electrons. The molecule has 0 bridgehead atoms. The Balaban J connectivity index is 2.59. The Labute approximate surface area is 122 Å². The van der Waals surface area contributed by atoms with Gasteiger partial charge in [0.15, 0.2) is 0 Å². The molecule has 0 aromatic heterocycles. The van der Waals surface area contributed by atoms with Gasteiger partial charge in [0, 0.05) is 10.6 Å². The third-order valence-corrected chi connectivity index (χ3v) is 2.73. The Morgan fingerprint density at radius 3 is 2.38 bits per heavy atom. The molecule has 0 radical (unpaired) electrons. The van der Waals surface area contributed by atoms with Crippen LogP contribution in [0.4, 0.5) is 17.6 Å². The molecule has 2 aromatic carbocycles. The summed E-state index contributed by atoms with van der Waals surface area (Å²) in [5, 5.41) is 8.78. The van der Waals surface area contributed by atoms with Gasteiger partial charge < -0.3 is 4.74 Å². The standard InChI is InChI=1S/C14H6ClF4NO/c15-10-4-9(5-11(16)6-10)12-2-1-8(7-20)3-13(12)21-14(17,18)19/h1-6H. The van der Waals surface area contributed by atoms with Gasteiger partial charge >= 0.3 is 6.36 Å². The molecule has 21 heavy (non-hydrogen) atoms. The van der Waals surface area contributed by atoms with Gasteiger partial charge in [-0.3, -0.25) is 0 Å². The molecular weight excluding hydrogens is 310 g/mol. The summed E-state index contributed by atoms with van der Waals surface area (Å²) in [5.74, 6) is -1.29. The van der Waals surface area contributed by atoms with Crippen molar-refractivity contribution in [1.82, 2.24) is 0 Å². The van der Waals surface area contributed by atoms with Gasteiger partial charge in [-0.2, -0.15) is 5.26 Å². The van der Waals surface area contributed by atoms with E-state index in [2.05, 4.69) is 4.74 Å². The molecule has 2 aromatic rings. The minimum Gasteiger partial charge on any atom is -0.405 e. The fraction of sp³-hybridized carbons (Fsp3) is 0.0714. The molecule has 2 nitrogen and oxygen atoms in total. The number of nitriles is 1. The zero-order valence-electron chi connectivity index (χ0n) is 10.2. The van der Waals surface area contributed by atoms with E-state index in [9.17, 15) is 17.6 Å². The second-order valence-electron chi connectivity index (χ2n) is 4.03. The van der Waals surface area contributed by atoms with Crippen molar-refractivity contribution >= 4 is 11.6 Å². The summed E-state index contributed by atoms with van der Waals surface area (Å²) >= 11 is 5.69. The number of hydrogen-bond donors (Lipinski definition) is 0. The fourth-order valence-electron chi connectivity index (χ4n) is 1.75. The first kappa shape index (κ1) is 15.1. The van der Waals surface area contributed by atoms with E-state index in [0.29, 0.717) is 0 Å². The van der Waals surface area contributed by atoms with Crippen LogP contribution in [0.25, 0.3) is 11.1 Å². The van der Waals surface area contributed by atoms with Gasteiger partial charge in [0.05, 0.1) is 11.6 Å². The Hall–Kier alpha value is -2.26. The molecule has 0 aliphatic rings. The molecule has 0 unspecified atom stereocenters. The Morgan fingerprint density at radius 1 is 1.10 bits per heavy atom. The van der Waals surface area contributed by atoms with Crippen molar-refractivity contribution in [2.45, 2.75) is 6.36 Å². The third-order valence-electron chi connectivity index (χ3n) is 2.51. The van der Waals surface area contributed by atoms with E-state index in [4.69, 9.17) is 16.9 Å². The summed E-state index contributed by atoms with van der Waals surface area (Å²) in [5.41, 5.74) is 0.0805. The van der Waals surface area contributed by atoms with Crippen LogP contribution in [-0.2, 0) is 0 Å². The SMILES string of the molecule is N#Cc1ccc(-c2cc(F)cc(Cl)c2)c(OC(F)(F)F)c1. The van der Waals surface area contributed by atoms with E-state index in [1.54, 1.807) is 6.07 Å². The van der Waals surface area contributed by atoms with Gasteiger partial charge in [-0.15, -0.1) is 13.2 Å². The quantitative estimate of drug-likeness (QED) is 0.737. The molecule has 0 aliphatic carbocycles. The van der Waals surface area contributed by atoms with Crippen LogP contribution in [0.5, 0.6) is 5.75 Å². The van der Waals surface area contributed by atoms with Gasteiger partial charge in [-0.25, -0.2) is 4.39 Å². The van der Waals surface area contributed by atoms with Gasteiger partial charge in [-0.1, -0.05) is 11.6 Å². The van der Waals surface area contributed by atoms with Crippen molar-refractivity contribution < 1.29 is 22.3 Å². The largest absolute Gasteiger partial charge is 0.573 e. The van der Waals surface area contributed by atoms with E-state index in [-0.39, 0.29) is 21.7 Å². The molecule has 0 atom stereocenters. The van der Waals surface area contributed by atoms with E-state index in [1.807, 2.05) is 0 Å². The van der Waals surface area contributed by atoms with Gasteiger partial charge in [0.25, 0.3) is 0 Å². The first-order valence-electron chi connectivity index (χ1n) is 5.55. The van der Waals surface area contributed by atoms with E-state index in [1.165, 1.54) is 18.2 Å². The van der Waals surface area contributed by atoms with E-state index >= 15 is 0 Å². The summed E-state index contributed by atoms with van der Waals surface area (Å²) < 4.78 is 54.5. The van der Waals surface area contributed by atoms with Crippen molar-refractivity contribution in [3.8, 4) is 22.9 Å². The van der Waals surface area contributed by atoms with Crippen LogP contribution < -0.4 is 4.74 Å². The normalized spacial score (nSPS) is 11.0. The van der Waals surface area contributed by atoms with Crippen LogP contribution in [-0.4, -0.2) is 6.36 Å². The van der Waals surface area contributed by atoms with Crippen molar-refractivity contribution in [2.24, 2.45) is 0 Å². The fourth-order valence-corrected chi connectivity index (χ4v) is 1.97. The van der Waals surface area contributed by atoms with E-state index < -0.39 is 17.9 Å². The van der Waals surface area contributed by atoms with Crippen LogP contribution >= 0.6 is 11.6 Å². The van der Waals surface area contributed by atoms with Crippen molar-refractivity contribution in [3.05, 3.63) is 52.8 Å². The summed E-state index contributed by atoms with van der Waals surface area (Å²) in [6.45, 7) is 0. The molecule has 2 rings (SSSR count). The molecule has 0 N–H and O–H groups in total. The maximum absolute atomic E-state index is 13.3. The zero-order valence-corrected chi connectivity index (χ0v) is 11.0. The van der Waals surface area contributed by atoms with Gasteiger partial charge in [-0.05, 0) is 42.0 Å². The Kier molecular flexibility index (Phi) is 4.05. The predicted octanol–water partition coefficient (Wildman–Crippen LogP) is 4.92. The molecule has 0 aliphatic heterocycles. The lowest BCUT2D eigenvalue weighted by atomic mass is 10.0. The highest BCUT2D eigenvalue weighted by Crippen LogP contribution is 2.36. The van der Waals surface area contributed by atoms with Crippen molar-refractivity contribution in [1.29, 1.82) is 5.26 Å². The average molecular weight is 316 g/mol. The molecule has 0 heterocycles. The van der Waals surface area contributed by atoms with Crippen LogP contribution in [0.1, 0.15) is 5.56 Å². The Bertz CT molecular complexity index is 702. The molecule has 0 saturated heterocycles. The second-order valence-corrected chi connectivity index (χ2v) is 4.47. The lowest BCUT2D eigenvalue weighted by Gasteiger charge is -2.14. The monoisotopic (exact) mass is 315 g/mol. The third kappa shape index (κ3) is 3.86. The highest BCUT2D eigenvalue weighted by atomic mass is 35.5. The van der Waals surface area contributed by atoms with Crippen LogP contribution in [0, 0.1) is 17.1 Å². The second kappa shape index (κ2) is 5.62. The predicted molar refractivity (Wildman–Crippen MR) is 68.2 cm³/mol. The molecule has 0 fully saturated rings. The highest BCUT2D eigenvalue weighted by molar-refractivity contribution is 6.30. The number of halogens is 5. The highest BCUT2D eigenvalue weighted by Gasteiger charge is 2.32. The van der Waals surface area contributed by atoms with Crippen molar-refractivity contribution in [3.63, 3.8) is 0 Å². The number of alkyl halides is 3. The number of rotatable bonds is 2. The van der Waals surface area contributed by atoms with Gasteiger partial charge in [0.2, 0.25) is 0 Å². The zero-order chi connectivity index (χ0) is 15.6. The minimum absolute atomic E-state index is 0.0134. The minimum atomic E-state index is -4.93. The lowest BCUT2D eigenvalue weighted by Crippen LogP contribution is -2.17. The first-order valence-corrected chi connectivity index (χ1v) is 5.92. The van der Waals surface area contributed by atoms with Crippen LogP contribution in [0.15, 0.2) is 36.4 Å². The molecule has 0 saturated carbocycles. The number of hydrogen-bond acceptors (Lipinski definition) is 2. The summed E-state index contributed by atoms with van der Waals surface area (Å²) in [4.78, 5) is 0. The number of nitrogens with zero attached hydrogens (tertiary/aromatic N) is 1. The molecule has 0 spiro atoms. The van der Waals surface area contributed by atoms with Gasteiger partial charge in [0.1, 0.15) is 11.6 Å². The first-order chi connectivity index (χ1) is 9.78.